The van der Waals surface area contributed by atoms with Gasteiger partial charge in [-0.25, -0.2) is 4.98 Å². The number of benzene rings is 2. The molecule has 0 radical (unpaired) electrons. The molecule has 21 heavy (non-hydrogen) atoms. The smallest absolute Gasteiger partial charge is 0.140 e. The molecule has 1 heterocycles. The van der Waals surface area contributed by atoms with E-state index in [4.69, 9.17) is 16.3 Å². The Morgan fingerprint density at radius 1 is 1.14 bits per heavy atom. The summed E-state index contributed by atoms with van der Waals surface area (Å²) in [5.74, 6) is 1.46. The van der Waals surface area contributed by atoms with Gasteiger partial charge in [0.15, 0.2) is 0 Å². The van der Waals surface area contributed by atoms with Crippen LogP contribution in [-0.2, 0) is 12.5 Å². The number of hydrogen-bond acceptors (Lipinski definition) is 3. The molecular weight excluding hydrogens is 302 g/mol. The molecule has 0 aliphatic rings. The topological polar surface area (TPSA) is 22.1 Å². The van der Waals surface area contributed by atoms with Crippen molar-refractivity contribution in [2.45, 2.75) is 26.3 Å². The number of aryl methyl sites for hydroxylation is 2. The van der Waals surface area contributed by atoms with Gasteiger partial charge in [0.25, 0.3) is 0 Å². The third-order valence-electron chi connectivity index (χ3n) is 3.35. The van der Waals surface area contributed by atoms with E-state index in [1.165, 1.54) is 4.70 Å². The number of fused-ring (bicyclic) bond motifs is 1. The monoisotopic (exact) mass is 317 g/mol. The molecule has 0 bridgehead atoms. The zero-order chi connectivity index (χ0) is 14.8. The Kier molecular flexibility index (Phi) is 4.13. The van der Waals surface area contributed by atoms with Gasteiger partial charge in [0.1, 0.15) is 17.4 Å². The van der Waals surface area contributed by atoms with Gasteiger partial charge in [0.2, 0.25) is 0 Å². The minimum absolute atomic E-state index is 0.501. The molecule has 0 aliphatic carbocycles. The molecule has 3 aromatic rings. The van der Waals surface area contributed by atoms with Crippen LogP contribution in [0.4, 0.5) is 0 Å². The van der Waals surface area contributed by atoms with E-state index in [2.05, 4.69) is 37.0 Å². The fourth-order valence-electron chi connectivity index (χ4n) is 2.46. The summed E-state index contributed by atoms with van der Waals surface area (Å²) in [5, 5.41) is 0.997. The standard InChI is InChI=1S/C17H16ClNOS/c1-11-7-13(9-18)8-12(2)17(11)20-10-16-19-14-5-3-4-6-15(14)21-16/h3-8H,9-10H2,1-2H3. The predicted octanol–water partition coefficient (Wildman–Crippen LogP) is 5.23. The minimum Gasteiger partial charge on any atom is -0.486 e. The molecule has 0 saturated carbocycles. The molecule has 0 spiro atoms. The number of aromatic nitrogens is 1. The van der Waals surface area contributed by atoms with Gasteiger partial charge in [0, 0.05) is 5.88 Å². The molecule has 0 fully saturated rings. The van der Waals surface area contributed by atoms with Gasteiger partial charge in [-0.15, -0.1) is 22.9 Å². The molecule has 108 valence electrons. The van der Waals surface area contributed by atoms with Gasteiger partial charge < -0.3 is 4.74 Å². The molecular formula is C17H16ClNOS. The van der Waals surface area contributed by atoms with Crippen LogP contribution in [0, 0.1) is 13.8 Å². The third-order valence-corrected chi connectivity index (χ3v) is 4.67. The van der Waals surface area contributed by atoms with Crippen molar-refractivity contribution in [2.24, 2.45) is 0 Å². The SMILES string of the molecule is Cc1cc(CCl)cc(C)c1OCc1nc2ccccc2s1. The highest BCUT2D eigenvalue weighted by molar-refractivity contribution is 7.18. The molecule has 0 aliphatic heterocycles. The van der Waals surface area contributed by atoms with E-state index in [0.29, 0.717) is 12.5 Å². The summed E-state index contributed by atoms with van der Waals surface area (Å²) < 4.78 is 7.18. The van der Waals surface area contributed by atoms with Crippen LogP contribution < -0.4 is 4.74 Å². The van der Waals surface area contributed by atoms with Gasteiger partial charge in [0.05, 0.1) is 10.2 Å². The summed E-state index contributed by atoms with van der Waals surface area (Å²) >= 11 is 7.57. The first-order valence-electron chi connectivity index (χ1n) is 6.80. The molecule has 1 aromatic heterocycles. The van der Waals surface area contributed by atoms with Gasteiger partial charge in [-0.05, 0) is 42.7 Å². The van der Waals surface area contributed by atoms with Gasteiger partial charge in [-0.3, -0.25) is 0 Å². The number of ether oxygens (including phenoxy) is 1. The summed E-state index contributed by atoms with van der Waals surface area (Å²) in [7, 11) is 0. The van der Waals surface area contributed by atoms with Crippen LogP contribution in [0.25, 0.3) is 10.2 Å². The summed E-state index contributed by atoms with van der Waals surface area (Å²) in [6.07, 6.45) is 0. The second-order valence-corrected chi connectivity index (χ2v) is 6.44. The van der Waals surface area contributed by atoms with E-state index in [1.807, 2.05) is 18.2 Å². The summed E-state index contributed by atoms with van der Waals surface area (Å²) in [6, 6.07) is 12.3. The van der Waals surface area contributed by atoms with E-state index in [9.17, 15) is 0 Å². The zero-order valence-electron chi connectivity index (χ0n) is 12.0. The van der Waals surface area contributed by atoms with Crippen LogP contribution in [-0.4, -0.2) is 4.98 Å². The number of para-hydroxylation sites is 1. The Balaban J connectivity index is 1.81. The van der Waals surface area contributed by atoms with Crippen LogP contribution >= 0.6 is 22.9 Å². The average Bonchev–Trinajstić information content (AvgIpc) is 2.88. The van der Waals surface area contributed by atoms with Crippen LogP contribution in [0.1, 0.15) is 21.7 Å². The predicted molar refractivity (Wildman–Crippen MR) is 89.4 cm³/mol. The Labute approximate surface area is 133 Å². The van der Waals surface area contributed by atoms with E-state index in [1.54, 1.807) is 11.3 Å². The van der Waals surface area contributed by atoms with Gasteiger partial charge in [-0.1, -0.05) is 24.3 Å². The first kappa shape index (κ1) is 14.4. The second-order valence-electron chi connectivity index (χ2n) is 5.06. The molecule has 2 nitrogen and oxygen atoms in total. The average molecular weight is 318 g/mol. The maximum atomic E-state index is 5.99. The van der Waals surface area contributed by atoms with E-state index >= 15 is 0 Å². The largest absolute Gasteiger partial charge is 0.486 e. The van der Waals surface area contributed by atoms with Crippen molar-refractivity contribution in [1.29, 1.82) is 0 Å². The molecule has 3 rings (SSSR count). The summed E-state index contributed by atoms with van der Waals surface area (Å²) in [6.45, 7) is 4.61. The van der Waals surface area contributed by atoms with Crippen molar-refractivity contribution in [1.82, 2.24) is 4.98 Å². The highest BCUT2D eigenvalue weighted by atomic mass is 35.5. The van der Waals surface area contributed by atoms with Crippen molar-refractivity contribution >= 4 is 33.2 Å². The van der Waals surface area contributed by atoms with Crippen LogP contribution in [0.15, 0.2) is 36.4 Å². The van der Waals surface area contributed by atoms with E-state index in [0.717, 1.165) is 33.0 Å². The van der Waals surface area contributed by atoms with Gasteiger partial charge in [-0.2, -0.15) is 0 Å². The Bertz CT molecular complexity index is 725. The van der Waals surface area contributed by atoms with Crippen molar-refractivity contribution in [2.75, 3.05) is 0 Å². The fraction of sp³-hybridized carbons (Fsp3) is 0.235. The van der Waals surface area contributed by atoms with Crippen LogP contribution in [0.2, 0.25) is 0 Å². The van der Waals surface area contributed by atoms with Crippen molar-refractivity contribution in [3.63, 3.8) is 0 Å². The molecule has 0 saturated heterocycles. The van der Waals surface area contributed by atoms with E-state index < -0.39 is 0 Å². The minimum atomic E-state index is 0.501. The molecule has 2 aromatic carbocycles. The summed E-state index contributed by atoms with van der Waals surface area (Å²) in [4.78, 5) is 4.59. The number of nitrogens with zero attached hydrogens (tertiary/aromatic N) is 1. The number of halogens is 1. The first-order valence-corrected chi connectivity index (χ1v) is 8.16. The molecule has 4 heteroatoms. The zero-order valence-corrected chi connectivity index (χ0v) is 13.6. The number of thiazole rings is 1. The molecule has 0 amide bonds. The van der Waals surface area contributed by atoms with Gasteiger partial charge >= 0.3 is 0 Å². The van der Waals surface area contributed by atoms with E-state index in [-0.39, 0.29) is 0 Å². The molecule has 0 unspecified atom stereocenters. The van der Waals surface area contributed by atoms with Crippen LogP contribution in [0.3, 0.4) is 0 Å². The lowest BCUT2D eigenvalue weighted by molar-refractivity contribution is 0.301. The molecule has 0 atom stereocenters. The highest BCUT2D eigenvalue weighted by Gasteiger charge is 2.09. The van der Waals surface area contributed by atoms with Crippen molar-refractivity contribution in [3.05, 3.63) is 58.1 Å². The summed E-state index contributed by atoms with van der Waals surface area (Å²) in [5.41, 5.74) is 4.39. The Hall–Kier alpha value is -1.58. The van der Waals surface area contributed by atoms with Crippen molar-refractivity contribution in [3.8, 4) is 5.75 Å². The van der Waals surface area contributed by atoms with Crippen molar-refractivity contribution < 1.29 is 4.74 Å². The molecule has 0 N–H and O–H groups in total. The lowest BCUT2D eigenvalue weighted by Gasteiger charge is -2.12. The Morgan fingerprint density at radius 2 is 1.86 bits per heavy atom. The third kappa shape index (κ3) is 3.04. The maximum Gasteiger partial charge on any atom is 0.140 e. The number of rotatable bonds is 4. The second kappa shape index (κ2) is 6.04. The lowest BCUT2D eigenvalue weighted by atomic mass is 10.1. The Morgan fingerprint density at radius 3 is 2.52 bits per heavy atom. The lowest BCUT2D eigenvalue weighted by Crippen LogP contribution is -1.99. The normalized spacial score (nSPS) is 11.0. The number of alkyl halides is 1. The maximum absolute atomic E-state index is 5.99. The number of hydrogen-bond donors (Lipinski definition) is 0. The van der Waals surface area contributed by atoms with Crippen LogP contribution in [0.5, 0.6) is 5.75 Å². The highest BCUT2D eigenvalue weighted by Crippen LogP contribution is 2.28. The quantitative estimate of drug-likeness (QED) is 0.615. The fourth-order valence-corrected chi connectivity index (χ4v) is 3.50. The first-order chi connectivity index (χ1) is 10.2.